The van der Waals surface area contributed by atoms with Gasteiger partial charge in [0.15, 0.2) is 0 Å². The number of rotatable bonds is 5. The number of aromatic hydroxyl groups is 1. The van der Waals surface area contributed by atoms with Crippen LogP contribution in [0.3, 0.4) is 0 Å². The van der Waals surface area contributed by atoms with Crippen molar-refractivity contribution in [2.75, 3.05) is 19.4 Å². The molecule has 0 aromatic heterocycles. The number of amides is 1. The van der Waals surface area contributed by atoms with Gasteiger partial charge in [-0.05, 0) is 69.4 Å². The fraction of sp³-hybridized carbons (Fsp3) is 0.263. The Balaban J connectivity index is 2.27. The summed E-state index contributed by atoms with van der Waals surface area (Å²) in [6.45, 7) is 4.18. The molecule has 138 valence electrons. The van der Waals surface area contributed by atoms with E-state index in [4.69, 9.17) is 9.84 Å². The van der Waals surface area contributed by atoms with E-state index >= 15 is 0 Å². The lowest BCUT2D eigenvalue weighted by Gasteiger charge is -2.16. The molecule has 2 rings (SSSR count). The number of carboxylic acids is 1. The van der Waals surface area contributed by atoms with Gasteiger partial charge in [-0.2, -0.15) is 0 Å². The summed E-state index contributed by atoms with van der Waals surface area (Å²) in [4.78, 5) is 23.9. The molecule has 0 atom stereocenters. The monoisotopic (exact) mass is 358 g/mol. The molecule has 26 heavy (non-hydrogen) atoms. The summed E-state index contributed by atoms with van der Waals surface area (Å²) in [5.41, 5.74) is 2.62. The third-order valence-corrected chi connectivity index (χ3v) is 3.67. The quantitative estimate of drug-likeness (QED) is 0.711. The molecule has 0 spiro atoms. The number of anilines is 1. The fourth-order valence-corrected chi connectivity index (χ4v) is 2.58. The zero-order valence-electron chi connectivity index (χ0n) is 15.2. The standard InChI is InChI=1S/C19H22N2O5/c1-11-7-14(20-18(23)19(24)25)8-12(2)17(11)26-15-5-6-16(22)13(9-15)10-21(3)4/h5-9,22H,10H2,1-4H3,(H,20,23)(H,24,25). The normalized spacial score (nSPS) is 10.7. The molecule has 1 amide bonds. The number of hydrogen-bond acceptors (Lipinski definition) is 5. The Morgan fingerprint density at radius 2 is 1.73 bits per heavy atom. The number of carboxylic acid groups (broad SMARTS) is 1. The fourth-order valence-electron chi connectivity index (χ4n) is 2.58. The van der Waals surface area contributed by atoms with Crippen LogP contribution in [-0.4, -0.2) is 41.1 Å². The number of phenolic OH excluding ortho intramolecular Hbond substituents is 1. The largest absolute Gasteiger partial charge is 0.508 e. The molecule has 0 fully saturated rings. The van der Waals surface area contributed by atoms with Crippen LogP contribution >= 0.6 is 0 Å². The van der Waals surface area contributed by atoms with Gasteiger partial charge in [0.2, 0.25) is 0 Å². The van der Waals surface area contributed by atoms with E-state index in [-0.39, 0.29) is 5.75 Å². The van der Waals surface area contributed by atoms with Gasteiger partial charge in [0.25, 0.3) is 0 Å². The Hall–Kier alpha value is -3.06. The van der Waals surface area contributed by atoms with Crippen LogP contribution in [0.5, 0.6) is 17.2 Å². The molecule has 0 aliphatic carbocycles. The first-order valence-corrected chi connectivity index (χ1v) is 7.97. The van der Waals surface area contributed by atoms with Crippen LogP contribution < -0.4 is 10.1 Å². The van der Waals surface area contributed by atoms with E-state index in [1.807, 2.05) is 19.0 Å². The minimum absolute atomic E-state index is 0.200. The van der Waals surface area contributed by atoms with E-state index in [1.165, 1.54) is 0 Å². The molecule has 7 heteroatoms. The summed E-state index contributed by atoms with van der Waals surface area (Å²) in [5, 5.41) is 21.0. The van der Waals surface area contributed by atoms with Crippen molar-refractivity contribution >= 4 is 17.6 Å². The van der Waals surface area contributed by atoms with Crippen LogP contribution in [0, 0.1) is 13.8 Å². The Morgan fingerprint density at radius 1 is 1.12 bits per heavy atom. The van der Waals surface area contributed by atoms with Gasteiger partial charge < -0.3 is 25.2 Å². The van der Waals surface area contributed by atoms with Crippen molar-refractivity contribution in [1.82, 2.24) is 4.90 Å². The molecule has 0 aliphatic rings. The predicted octanol–water partition coefficient (Wildman–Crippen LogP) is 2.89. The summed E-state index contributed by atoms with van der Waals surface area (Å²) in [6, 6.07) is 8.32. The lowest BCUT2D eigenvalue weighted by Crippen LogP contribution is -2.21. The maximum atomic E-state index is 11.3. The molecular weight excluding hydrogens is 336 g/mol. The SMILES string of the molecule is Cc1cc(NC(=O)C(=O)O)cc(C)c1Oc1ccc(O)c(CN(C)C)c1. The summed E-state index contributed by atoms with van der Waals surface area (Å²) in [5.74, 6) is -1.25. The average Bonchev–Trinajstić information content (AvgIpc) is 2.53. The second kappa shape index (κ2) is 7.88. The highest BCUT2D eigenvalue weighted by molar-refractivity contribution is 6.36. The topological polar surface area (TPSA) is 99.1 Å². The first-order valence-electron chi connectivity index (χ1n) is 7.97. The van der Waals surface area contributed by atoms with E-state index in [0.717, 1.165) is 16.7 Å². The molecule has 0 bridgehead atoms. The highest BCUT2D eigenvalue weighted by atomic mass is 16.5. The van der Waals surface area contributed by atoms with Crippen LogP contribution in [0.15, 0.2) is 30.3 Å². The maximum Gasteiger partial charge on any atom is 0.394 e. The van der Waals surface area contributed by atoms with Gasteiger partial charge in [-0.25, -0.2) is 4.79 Å². The number of phenols is 1. The van der Waals surface area contributed by atoms with E-state index in [1.54, 1.807) is 44.2 Å². The Morgan fingerprint density at radius 3 is 2.27 bits per heavy atom. The van der Waals surface area contributed by atoms with Crippen molar-refractivity contribution in [3.05, 3.63) is 47.0 Å². The van der Waals surface area contributed by atoms with E-state index in [9.17, 15) is 14.7 Å². The molecule has 7 nitrogen and oxygen atoms in total. The number of aryl methyl sites for hydroxylation is 2. The van der Waals surface area contributed by atoms with Crippen LogP contribution in [-0.2, 0) is 16.1 Å². The van der Waals surface area contributed by atoms with Crippen LogP contribution in [0.4, 0.5) is 5.69 Å². The minimum atomic E-state index is -1.54. The number of nitrogens with zero attached hydrogens (tertiary/aromatic N) is 1. The number of hydrogen-bond donors (Lipinski definition) is 3. The van der Waals surface area contributed by atoms with Crippen molar-refractivity contribution in [2.45, 2.75) is 20.4 Å². The molecule has 0 saturated carbocycles. The van der Waals surface area contributed by atoms with Gasteiger partial charge in [0, 0.05) is 17.8 Å². The third kappa shape index (κ3) is 4.73. The molecule has 0 saturated heterocycles. The Kier molecular flexibility index (Phi) is 5.84. The molecular formula is C19H22N2O5. The minimum Gasteiger partial charge on any atom is -0.508 e. The number of benzene rings is 2. The average molecular weight is 358 g/mol. The number of nitrogens with one attached hydrogen (secondary N) is 1. The first kappa shape index (κ1) is 19.3. The van der Waals surface area contributed by atoms with E-state index in [2.05, 4.69) is 5.32 Å². The highest BCUT2D eigenvalue weighted by Gasteiger charge is 2.14. The number of aliphatic carboxylic acids is 1. The second-order valence-corrected chi connectivity index (χ2v) is 6.33. The first-order chi connectivity index (χ1) is 12.2. The Bertz CT molecular complexity index is 823. The number of carbonyl (C=O) groups excluding carboxylic acids is 1. The smallest absolute Gasteiger partial charge is 0.394 e. The molecule has 2 aromatic carbocycles. The summed E-state index contributed by atoms with van der Waals surface area (Å²) in [7, 11) is 3.82. The predicted molar refractivity (Wildman–Crippen MR) is 97.8 cm³/mol. The van der Waals surface area contributed by atoms with E-state index in [0.29, 0.717) is 23.7 Å². The molecule has 0 radical (unpaired) electrons. The highest BCUT2D eigenvalue weighted by Crippen LogP contribution is 2.33. The molecule has 3 N–H and O–H groups in total. The van der Waals surface area contributed by atoms with Crippen molar-refractivity contribution in [1.29, 1.82) is 0 Å². The van der Waals surface area contributed by atoms with Gasteiger partial charge in [0.1, 0.15) is 17.2 Å². The number of carbonyl (C=O) groups is 2. The summed E-state index contributed by atoms with van der Waals surface area (Å²) in [6.07, 6.45) is 0. The second-order valence-electron chi connectivity index (χ2n) is 6.33. The summed E-state index contributed by atoms with van der Waals surface area (Å²) >= 11 is 0. The van der Waals surface area contributed by atoms with E-state index < -0.39 is 11.9 Å². The van der Waals surface area contributed by atoms with Crippen LogP contribution in [0.25, 0.3) is 0 Å². The van der Waals surface area contributed by atoms with Crippen molar-refractivity contribution in [2.24, 2.45) is 0 Å². The maximum absolute atomic E-state index is 11.3. The van der Waals surface area contributed by atoms with Gasteiger partial charge >= 0.3 is 11.9 Å². The van der Waals surface area contributed by atoms with Gasteiger partial charge in [-0.3, -0.25) is 4.79 Å². The number of ether oxygens (including phenoxy) is 1. The van der Waals surface area contributed by atoms with Crippen molar-refractivity contribution in [3.8, 4) is 17.2 Å². The molecule has 0 aliphatic heterocycles. The van der Waals surface area contributed by atoms with Crippen LogP contribution in [0.2, 0.25) is 0 Å². The Labute approximate surface area is 151 Å². The molecule has 0 heterocycles. The van der Waals surface area contributed by atoms with Gasteiger partial charge in [0.05, 0.1) is 0 Å². The molecule has 2 aromatic rings. The van der Waals surface area contributed by atoms with Gasteiger partial charge in [-0.15, -0.1) is 0 Å². The van der Waals surface area contributed by atoms with Crippen molar-refractivity contribution in [3.63, 3.8) is 0 Å². The third-order valence-electron chi connectivity index (χ3n) is 3.67. The zero-order chi connectivity index (χ0) is 19.4. The van der Waals surface area contributed by atoms with Crippen LogP contribution in [0.1, 0.15) is 16.7 Å². The van der Waals surface area contributed by atoms with Crippen molar-refractivity contribution < 1.29 is 24.5 Å². The zero-order valence-corrected chi connectivity index (χ0v) is 15.2. The molecule has 0 unspecified atom stereocenters. The van der Waals surface area contributed by atoms with Gasteiger partial charge in [-0.1, -0.05) is 0 Å². The lowest BCUT2D eigenvalue weighted by atomic mass is 10.1. The summed E-state index contributed by atoms with van der Waals surface area (Å²) < 4.78 is 5.97. The lowest BCUT2D eigenvalue weighted by molar-refractivity contribution is -0.147.